The Morgan fingerprint density at radius 1 is 1.47 bits per heavy atom. The van der Waals surface area contributed by atoms with E-state index < -0.39 is 5.54 Å². The lowest BCUT2D eigenvalue weighted by molar-refractivity contribution is -0.126. The van der Waals surface area contributed by atoms with Gasteiger partial charge in [-0.05, 0) is 26.8 Å². The fourth-order valence-electron chi connectivity index (χ4n) is 1.63. The molecule has 0 aliphatic heterocycles. The van der Waals surface area contributed by atoms with Crippen molar-refractivity contribution >= 4 is 5.91 Å². The standard InChI is InChI=1S/C12H22N4O/c1-4-15-12(2,3)11(17)14-6-5-8-16-9-7-13-10-16/h7,9-10,15H,4-6,8H2,1-3H3,(H,14,17). The SMILES string of the molecule is CCNC(C)(C)C(=O)NCCCn1ccnc1. The van der Waals surface area contributed by atoms with Crippen LogP contribution in [0, 0.1) is 0 Å². The number of aromatic nitrogens is 2. The largest absolute Gasteiger partial charge is 0.354 e. The molecule has 17 heavy (non-hydrogen) atoms. The van der Waals surface area contributed by atoms with Gasteiger partial charge in [0, 0.05) is 25.5 Å². The van der Waals surface area contributed by atoms with Gasteiger partial charge in [0.1, 0.15) is 0 Å². The van der Waals surface area contributed by atoms with E-state index >= 15 is 0 Å². The van der Waals surface area contributed by atoms with E-state index in [0.29, 0.717) is 6.54 Å². The average molecular weight is 238 g/mol. The molecule has 96 valence electrons. The Balaban J connectivity index is 2.20. The maximum Gasteiger partial charge on any atom is 0.239 e. The van der Waals surface area contributed by atoms with Crippen LogP contribution in [0.3, 0.4) is 0 Å². The van der Waals surface area contributed by atoms with Crippen molar-refractivity contribution in [2.45, 2.75) is 39.3 Å². The van der Waals surface area contributed by atoms with Crippen LogP contribution >= 0.6 is 0 Å². The molecule has 5 heteroatoms. The number of likely N-dealkylation sites (N-methyl/N-ethyl adjacent to an activating group) is 1. The number of carbonyl (C=O) groups excluding carboxylic acids is 1. The smallest absolute Gasteiger partial charge is 0.239 e. The molecule has 0 saturated heterocycles. The summed E-state index contributed by atoms with van der Waals surface area (Å²) >= 11 is 0. The number of amides is 1. The molecule has 1 amide bonds. The molecular formula is C12H22N4O. The van der Waals surface area contributed by atoms with Crippen molar-refractivity contribution in [2.75, 3.05) is 13.1 Å². The number of rotatable bonds is 7. The minimum absolute atomic E-state index is 0.0463. The Morgan fingerprint density at radius 3 is 2.82 bits per heavy atom. The topological polar surface area (TPSA) is 59.0 Å². The molecule has 0 atom stereocenters. The van der Waals surface area contributed by atoms with Gasteiger partial charge in [0.15, 0.2) is 0 Å². The summed E-state index contributed by atoms with van der Waals surface area (Å²) < 4.78 is 2.00. The fraction of sp³-hybridized carbons (Fsp3) is 0.667. The van der Waals surface area contributed by atoms with Crippen LogP contribution < -0.4 is 10.6 Å². The number of nitrogens with one attached hydrogen (secondary N) is 2. The quantitative estimate of drug-likeness (QED) is 0.690. The van der Waals surface area contributed by atoms with E-state index in [1.165, 1.54) is 0 Å². The van der Waals surface area contributed by atoms with Crippen molar-refractivity contribution in [2.24, 2.45) is 0 Å². The van der Waals surface area contributed by atoms with Crippen molar-refractivity contribution in [3.05, 3.63) is 18.7 Å². The number of carbonyl (C=O) groups is 1. The molecule has 2 N–H and O–H groups in total. The van der Waals surface area contributed by atoms with Gasteiger partial charge in [0.05, 0.1) is 11.9 Å². The van der Waals surface area contributed by atoms with Crippen LogP contribution in [-0.4, -0.2) is 34.1 Å². The van der Waals surface area contributed by atoms with Gasteiger partial charge in [-0.15, -0.1) is 0 Å². The summed E-state index contributed by atoms with van der Waals surface area (Å²) in [5.41, 5.74) is -0.496. The number of hydrogen-bond donors (Lipinski definition) is 2. The van der Waals surface area contributed by atoms with Gasteiger partial charge >= 0.3 is 0 Å². The van der Waals surface area contributed by atoms with Gasteiger partial charge in [-0.3, -0.25) is 4.79 Å². The summed E-state index contributed by atoms with van der Waals surface area (Å²) in [4.78, 5) is 15.8. The maximum atomic E-state index is 11.8. The second-order valence-electron chi connectivity index (χ2n) is 4.57. The fourth-order valence-corrected chi connectivity index (χ4v) is 1.63. The lowest BCUT2D eigenvalue weighted by Gasteiger charge is -2.24. The summed E-state index contributed by atoms with van der Waals surface area (Å²) in [6.07, 6.45) is 6.37. The van der Waals surface area contributed by atoms with Crippen LogP contribution in [0.25, 0.3) is 0 Å². The highest BCUT2D eigenvalue weighted by atomic mass is 16.2. The molecule has 1 rings (SSSR count). The lowest BCUT2D eigenvalue weighted by atomic mass is 10.0. The molecular weight excluding hydrogens is 216 g/mol. The molecule has 0 aliphatic rings. The van der Waals surface area contributed by atoms with Gasteiger partial charge < -0.3 is 15.2 Å². The van der Waals surface area contributed by atoms with E-state index in [9.17, 15) is 4.79 Å². The zero-order valence-electron chi connectivity index (χ0n) is 10.9. The van der Waals surface area contributed by atoms with Crippen molar-refractivity contribution in [1.29, 1.82) is 0 Å². The predicted octanol–water partition coefficient (Wildman–Crippen LogP) is 0.777. The van der Waals surface area contributed by atoms with Gasteiger partial charge in [-0.25, -0.2) is 4.98 Å². The van der Waals surface area contributed by atoms with E-state index in [1.807, 2.05) is 31.5 Å². The second-order valence-corrected chi connectivity index (χ2v) is 4.57. The highest BCUT2D eigenvalue weighted by Crippen LogP contribution is 2.01. The molecule has 0 bridgehead atoms. The van der Waals surface area contributed by atoms with E-state index in [-0.39, 0.29) is 5.91 Å². The zero-order chi connectivity index (χ0) is 12.7. The van der Waals surface area contributed by atoms with E-state index in [4.69, 9.17) is 0 Å². The first-order chi connectivity index (χ1) is 8.06. The van der Waals surface area contributed by atoms with Gasteiger partial charge in [-0.1, -0.05) is 6.92 Å². The maximum absolute atomic E-state index is 11.8. The van der Waals surface area contributed by atoms with Crippen molar-refractivity contribution in [1.82, 2.24) is 20.2 Å². The summed E-state index contributed by atoms with van der Waals surface area (Å²) in [6, 6.07) is 0. The van der Waals surface area contributed by atoms with Crippen molar-refractivity contribution in [3.63, 3.8) is 0 Å². The van der Waals surface area contributed by atoms with Crippen LogP contribution in [0.2, 0.25) is 0 Å². The Morgan fingerprint density at radius 2 is 2.24 bits per heavy atom. The van der Waals surface area contributed by atoms with Gasteiger partial charge in [0.25, 0.3) is 0 Å². The Kier molecular flexibility index (Phi) is 5.15. The first-order valence-electron chi connectivity index (χ1n) is 6.05. The minimum Gasteiger partial charge on any atom is -0.354 e. The van der Waals surface area contributed by atoms with E-state index in [0.717, 1.165) is 19.5 Å². The number of nitrogens with zero attached hydrogens (tertiary/aromatic N) is 2. The molecule has 0 saturated carbocycles. The molecule has 0 fully saturated rings. The Labute approximate surface area is 103 Å². The highest BCUT2D eigenvalue weighted by Gasteiger charge is 2.25. The van der Waals surface area contributed by atoms with Crippen molar-refractivity contribution in [3.8, 4) is 0 Å². The van der Waals surface area contributed by atoms with E-state index in [2.05, 4.69) is 15.6 Å². The predicted molar refractivity (Wildman–Crippen MR) is 67.6 cm³/mol. The monoisotopic (exact) mass is 238 g/mol. The Hall–Kier alpha value is -1.36. The van der Waals surface area contributed by atoms with Gasteiger partial charge in [-0.2, -0.15) is 0 Å². The van der Waals surface area contributed by atoms with Crippen LogP contribution in [-0.2, 0) is 11.3 Å². The minimum atomic E-state index is -0.496. The Bertz CT molecular complexity index is 332. The average Bonchev–Trinajstić information content (AvgIpc) is 2.76. The first kappa shape index (κ1) is 13.7. The normalized spacial score (nSPS) is 11.5. The zero-order valence-corrected chi connectivity index (χ0v) is 10.9. The first-order valence-corrected chi connectivity index (χ1v) is 6.05. The number of hydrogen-bond acceptors (Lipinski definition) is 3. The molecule has 1 aromatic rings. The lowest BCUT2D eigenvalue weighted by Crippen LogP contribution is -2.52. The third kappa shape index (κ3) is 4.56. The van der Waals surface area contributed by atoms with Crippen LogP contribution in [0.4, 0.5) is 0 Å². The summed E-state index contributed by atoms with van der Waals surface area (Å²) in [5.74, 6) is 0.0463. The van der Waals surface area contributed by atoms with Crippen LogP contribution in [0.1, 0.15) is 27.2 Å². The number of imidazole rings is 1. The summed E-state index contributed by atoms with van der Waals surface area (Å²) in [5, 5.41) is 6.08. The van der Waals surface area contributed by atoms with Crippen LogP contribution in [0.15, 0.2) is 18.7 Å². The molecule has 1 heterocycles. The molecule has 5 nitrogen and oxygen atoms in total. The van der Waals surface area contributed by atoms with Crippen molar-refractivity contribution < 1.29 is 4.79 Å². The third-order valence-corrected chi connectivity index (χ3v) is 2.62. The molecule has 0 radical (unpaired) electrons. The number of aryl methyl sites for hydroxylation is 1. The molecule has 0 spiro atoms. The summed E-state index contributed by atoms with van der Waals surface area (Å²) in [7, 11) is 0. The molecule has 0 unspecified atom stereocenters. The van der Waals surface area contributed by atoms with Crippen LogP contribution in [0.5, 0.6) is 0 Å². The van der Waals surface area contributed by atoms with E-state index in [1.54, 1.807) is 12.5 Å². The van der Waals surface area contributed by atoms with Gasteiger partial charge in [0.2, 0.25) is 5.91 Å². The molecule has 0 aliphatic carbocycles. The third-order valence-electron chi connectivity index (χ3n) is 2.62. The highest BCUT2D eigenvalue weighted by molar-refractivity contribution is 5.85. The molecule has 0 aromatic carbocycles. The second kappa shape index (κ2) is 6.39. The molecule has 1 aromatic heterocycles. The summed E-state index contributed by atoms with van der Waals surface area (Å²) in [6.45, 7) is 8.13.